The Balaban J connectivity index is 3.25. The van der Waals surface area contributed by atoms with Crippen LogP contribution in [0, 0.1) is 0 Å². The second-order valence-corrected chi connectivity index (χ2v) is 2.75. The van der Waals surface area contributed by atoms with Crippen LogP contribution < -0.4 is 9.47 Å². The molecule has 16 heavy (non-hydrogen) atoms. The molecule has 6 heteroatoms. The zero-order valence-corrected chi connectivity index (χ0v) is 8.28. The van der Waals surface area contributed by atoms with Crippen LogP contribution in [0.4, 0.5) is 8.78 Å². The normalized spacial score (nSPS) is 10.0. The Morgan fingerprint density at radius 3 is 2.06 bits per heavy atom. The van der Waals surface area contributed by atoms with E-state index in [9.17, 15) is 18.4 Å². The molecule has 0 bridgehead atoms. The minimum Gasteiger partial charge on any atom is -0.496 e. The van der Waals surface area contributed by atoms with Crippen molar-refractivity contribution in [1.82, 2.24) is 0 Å². The van der Waals surface area contributed by atoms with E-state index in [1.54, 1.807) is 0 Å². The van der Waals surface area contributed by atoms with Gasteiger partial charge >= 0.3 is 6.61 Å². The molecule has 0 radical (unpaired) electrons. The number of hydrogen-bond donors (Lipinski definition) is 0. The highest BCUT2D eigenvalue weighted by molar-refractivity contribution is 5.87. The fourth-order valence-electron chi connectivity index (χ4n) is 1.15. The van der Waals surface area contributed by atoms with Crippen molar-refractivity contribution in [3.63, 3.8) is 0 Å². The van der Waals surface area contributed by atoms with E-state index in [1.807, 2.05) is 0 Å². The van der Waals surface area contributed by atoms with Gasteiger partial charge in [0.1, 0.15) is 11.5 Å². The van der Waals surface area contributed by atoms with Crippen LogP contribution >= 0.6 is 0 Å². The highest BCUT2D eigenvalue weighted by Crippen LogP contribution is 2.27. The van der Waals surface area contributed by atoms with Gasteiger partial charge in [0.15, 0.2) is 12.6 Å². The summed E-state index contributed by atoms with van der Waals surface area (Å²) in [5, 5.41) is 0. The molecule has 4 nitrogen and oxygen atoms in total. The monoisotopic (exact) mass is 230 g/mol. The number of rotatable bonds is 5. The fourth-order valence-corrected chi connectivity index (χ4v) is 1.15. The van der Waals surface area contributed by atoms with Crippen LogP contribution in [-0.2, 0) is 0 Å². The van der Waals surface area contributed by atoms with Gasteiger partial charge in [-0.05, 0) is 12.1 Å². The third-order valence-electron chi connectivity index (χ3n) is 1.83. The van der Waals surface area contributed by atoms with Gasteiger partial charge in [-0.15, -0.1) is 0 Å². The standard InChI is InChI=1S/C10H8F2O4/c1-15-8-2-7(5-14)9(16-10(11)12)3-6(8)4-13/h2-5,10H,1H3. The van der Waals surface area contributed by atoms with Crippen LogP contribution in [0.5, 0.6) is 11.5 Å². The summed E-state index contributed by atoms with van der Waals surface area (Å²) in [5.41, 5.74) is -0.0773. The third-order valence-corrected chi connectivity index (χ3v) is 1.83. The van der Waals surface area contributed by atoms with Crippen LogP contribution in [0.25, 0.3) is 0 Å². The van der Waals surface area contributed by atoms with Crippen molar-refractivity contribution < 1.29 is 27.8 Å². The number of aldehydes is 2. The number of carbonyl (C=O) groups is 2. The van der Waals surface area contributed by atoms with E-state index in [0.29, 0.717) is 12.6 Å². The maximum absolute atomic E-state index is 12.0. The molecular formula is C10H8F2O4. The molecule has 0 spiro atoms. The summed E-state index contributed by atoms with van der Waals surface area (Å²) in [5.74, 6) is -0.230. The van der Waals surface area contributed by atoms with Crippen molar-refractivity contribution in [3.05, 3.63) is 23.3 Å². The summed E-state index contributed by atoms with van der Waals surface area (Å²) in [6.07, 6.45) is 0.764. The Morgan fingerprint density at radius 1 is 1.12 bits per heavy atom. The largest absolute Gasteiger partial charge is 0.496 e. The molecule has 0 saturated carbocycles. The van der Waals surface area contributed by atoms with Gasteiger partial charge in [0.2, 0.25) is 0 Å². The summed E-state index contributed by atoms with van der Waals surface area (Å²) in [6, 6.07) is 2.19. The van der Waals surface area contributed by atoms with Gasteiger partial charge in [-0.25, -0.2) is 0 Å². The number of hydrogen-bond acceptors (Lipinski definition) is 4. The molecule has 0 aliphatic heterocycles. The van der Waals surface area contributed by atoms with Crippen LogP contribution in [0.2, 0.25) is 0 Å². The van der Waals surface area contributed by atoms with Crippen molar-refractivity contribution in [1.29, 1.82) is 0 Å². The first kappa shape index (κ1) is 12.1. The lowest BCUT2D eigenvalue weighted by atomic mass is 10.1. The number of carbonyl (C=O) groups excluding carboxylic acids is 2. The first-order valence-corrected chi connectivity index (χ1v) is 4.19. The second-order valence-electron chi connectivity index (χ2n) is 2.75. The minimum absolute atomic E-state index is 0.0313. The Morgan fingerprint density at radius 2 is 1.62 bits per heavy atom. The molecule has 0 aromatic heterocycles. The highest BCUT2D eigenvalue weighted by atomic mass is 19.3. The SMILES string of the molecule is COc1cc(C=O)c(OC(F)F)cc1C=O. The Kier molecular flexibility index (Phi) is 3.93. The molecular weight excluding hydrogens is 222 g/mol. The molecule has 86 valence electrons. The smallest absolute Gasteiger partial charge is 0.387 e. The average Bonchev–Trinajstić information content (AvgIpc) is 2.27. The Bertz CT molecular complexity index is 404. The second kappa shape index (κ2) is 5.20. The summed E-state index contributed by atoms with van der Waals surface area (Å²) in [6.45, 7) is -3.06. The Hall–Kier alpha value is -1.98. The van der Waals surface area contributed by atoms with E-state index in [0.717, 1.165) is 12.1 Å². The van der Waals surface area contributed by atoms with E-state index in [4.69, 9.17) is 4.74 Å². The third kappa shape index (κ3) is 2.53. The van der Waals surface area contributed by atoms with E-state index >= 15 is 0 Å². The van der Waals surface area contributed by atoms with Gasteiger partial charge in [-0.2, -0.15) is 8.78 Å². The molecule has 0 amide bonds. The van der Waals surface area contributed by atoms with Crippen LogP contribution in [0.3, 0.4) is 0 Å². The minimum atomic E-state index is -3.06. The molecule has 0 N–H and O–H groups in total. The number of ether oxygens (including phenoxy) is 2. The molecule has 0 saturated heterocycles. The zero-order chi connectivity index (χ0) is 12.1. The van der Waals surface area contributed by atoms with Gasteiger partial charge in [0.05, 0.1) is 18.2 Å². The Labute approximate surface area is 89.8 Å². The predicted octanol–water partition coefficient (Wildman–Crippen LogP) is 1.92. The number of benzene rings is 1. The van der Waals surface area contributed by atoms with Gasteiger partial charge in [0.25, 0.3) is 0 Å². The van der Waals surface area contributed by atoms with Gasteiger partial charge in [-0.3, -0.25) is 9.59 Å². The van der Waals surface area contributed by atoms with E-state index in [2.05, 4.69) is 4.74 Å². The van der Waals surface area contributed by atoms with Crippen molar-refractivity contribution in [2.45, 2.75) is 6.61 Å². The molecule has 1 rings (SSSR count). The number of halogens is 2. The molecule has 0 atom stereocenters. The first-order valence-electron chi connectivity index (χ1n) is 4.19. The number of methoxy groups -OCH3 is 1. The van der Waals surface area contributed by atoms with E-state index in [-0.39, 0.29) is 22.6 Å². The lowest BCUT2D eigenvalue weighted by molar-refractivity contribution is -0.0501. The maximum Gasteiger partial charge on any atom is 0.387 e. The van der Waals surface area contributed by atoms with Gasteiger partial charge in [0, 0.05) is 0 Å². The molecule has 0 fully saturated rings. The molecule has 0 aliphatic rings. The van der Waals surface area contributed by atoms with Crippen molar-refractivity contribution in [2.75, 3.05) is 7.11 Å². The summed E-state index contributed by atoms with van der Waals surface area (Å²) >= 11 is 0. The number of alkyl halides is 2. The van der Waals surface area contributed by atoms with Gasteiger partial charge < -0.3 is 9.47 Å². The van der Waals surface area contributed by atoms with E-state index < -0.39 is 6.61 Å². The molecule has 0 unspecified atom stereocenters. The molecule has 0 heterocycles. The lowest BCUT2D eigenvalue weighted by Gasteiger charge is -2.10. The summed E-state index contributed by atoms with van der Waals surface area (Å²) in [4.78, 5) is 21.2. The average molecular weight is 230 g/mol. The van der Waals surface area contributed by atoms with E-state index in [1.165, 1.54) is 7.11 Å². The maximum atomic E-state index is 12.0. The molecule has 1 aromatic carbocycles. The van der Waals surface area contributed by atoms with Crippen molar-refractivity contribution in [2.24, 2.45) is 0 Å². The predicted molar refractivity (Wildman–Crippen MR) is 50.4 cm³/mol. The molecule has 1 aromatic rings. The summed E-state index contributed by atoms with van der Waals surface area (Å²) < 4.78 is 32.9. The van der Waals surface area contributed by atoms with Crippen molar-refractivity contribution >= 4 is 12.6 Å². The van der Waals surface area contributed by atoms with Crippen LogP contribution in [0.15, 0.2) is 12.1 Å². The highest BCUT2D eigenvalue weighted by Gasteiger charge is 2.14. The summed E-state index contributed by atoms with van der Waals surface area (Å²) in [7, 11) is 1.30. The topological polar surface area (TPSA) is 52.6 Å². The van der Waals surface area contributed by atoms with Crippen LogP contribution in [-0.4, -0.2) is 26.3 Å². The van der Waals surface area contributed by atoms with Gasteiger partial charge in [-0.1, -0.05) is 0 Å². The fraction of sp³-hybridized carbons (Fsp3) is 0.200. The zero-order valence-electron chi connectivity index (χ0n) is 8.28. The first-order chi connectivity index (χ1) is 7.62. The van der Waals surface area contributed by atoms with Crippen LogP contribution in [0.1, 0.15) is 20.7 Å². The lowest BCUT2D eigenvalue weighted by Crippen LogP contribution is -2.05. The quantitative estimate of drug-likeness (QED) is 0.725. The molecule has 0 aliphatic carbocycles. The van der Waals surface area contributed by atoms with Crippen molar-refractivity contribution in [3.8, 4) is 11.5 Å².